The quantitative estimate of drug-likeness (QED) is 0.258. The Kier molecular flexibility index (Phi) is 4.51. The van der Waals surface area contributed by atoms with Crippen molar-refractivity contribution in [3.05, 3.63) is 0 Å². The van der Waals surface area contributed by atoms with Gasteiger partial charge in [-0.15, -0.1) is 0 Å². The van der Waals surface area contributed by atoms with Gasteiger partial charge in [-0.1, -0.05) is 6.92 Å². The van der Waals surface area contributed by atoms with Gasteiger partial charge in [0, 0.05) is 6.54 Å². The van der Waals surface area contributed by atoms with Gasteiger partial charge >= 0.3 is 0 Å². The molecular weight excluding hydrogens is 114 g/mol. The van der Waals surface area contributed by atoms with Gasteiger partial charge in [-0.25, -0.2) is 0 Å². The zero-order valence-corrected chi connectivity index (χ0v) is 5.81. The van der Waals surface area contributed by atoms with Crippen LogP contribution in [0.4, 0.5) is 0 Å². The average molecular weight is 125 g/mol. The molecule has 0 unspecified atom stereocenters. The highest BCUT2D eigenvalue weighted by Crippen LogP contribution is 1.77. The summed E-state index contributed by atoms with van der Waals surface area (Å²) in [4.78, 5) is 4.02. The molecule has 50 valence electrons. The summed E-state index contributed by atoms with van der Waals surface area (Å²) in [6, 6.07) is 0. The normalized spacial score (nSPS) is 10.6. The average Bonchev–Trinajstić information content (AvgIpc) is 1.85. The maximum Gasteiger partial charge on any atom is 0.182 e. The van der Waals surface area contributed by atoms with E-state index in [-0.39, 0.29) is 0 Å². The van der Waals surface area contributed by atoms with Crippen molar-refractivity contribution in [2.45, 2.75) is 20.3 Å². The number of hydrogen-bond acceptors (Lipinski definition) is 2. The van der Waals surface area contributed by atoms with Crippen molar-refractivity contribution in [3.8, 4) is 6.19 Å². The lowest BCUT2D eigenvalue weighted by atomic mass is 10.5. The fraction of sp³-hybridized carbons (Fsp3) is 0.667. The van der Waals surface area contributed by atoms with Gasteiger partial charge in [0.15, 0.2) is 6.19 Å². The van der Waals surface area contributed by atoms with Crippen LogP contribution in [0.1, 0.15) is 20.3 Å². The molecule has 0 saturated heterocycles. The Morgan fingerprint density at radius 2 is 2.44 bits per heavy atom. The largest absolute Gasteiger partial charge is 0.281 e. The van der Waals surface area contributed by atoms with Crippen molar-refractivity contribution in [1.82, 2.24) is 5.32 Å². The zero-order valence-electron chi connectivity index (χ0n) is 5.81. The molecule has 3 heteroatoms. The zero-order chi connectivity index (χ0) is 7.11. The highest BCUT2D eigenvalue weighted by Gasteiger charge is 1.82. The SMILES string of the molecule is CCCN=C(C)NC#N. The summed E-state index contributed by atoms with van der Waals surface area (Å²) in [5.74, 6) is 0.694. The van der Waals surface area contributed by atoms with E-state index in [9.17, 15) is 0 Å². The summed E-state index contributed by atoms with van der Waals surface area (Å²) < 4.78 is 0. The smallest absolute Gasteiger partial charge is 0.182 e. The van der Waals surface area contributed by atoms with Crippen LogP contribution < -0.4 is 5.32 Å². The summed E-state index contributed by atoms with van der Waals surface area (Å²) in [6.07, 6.45) is 2.81. The minimum absolute atomic E-state index is 0.694. The topological polar surface area (TPSA) is 48.2 Å². The maximum absolute atomic E-state index is 8.09. The fourth-order valence-electron chi connectivity index (χ4n) is 0.400. The van der Waals surface area contributed by atoms with Crippen LogP contribution in [0.3, 0.4) is 0 Å². The Morgan fingerprint density at radius 3 is 2.89 bits per heavy atom. The lowest BCUT2D eigenvalue weighted by Gasteiger charge is -1.92. The summed E-state index contributed by atoms with van der Waals surface area (Å²) in [7, 11) is 0. The van der Waals surface area contributed by atoms with Gasteiger partial charge in [0.1, 0.15) is 5.84 Å². The van der Waals surface area contributed by atoms with Crippen LogP contribution in [0.15, 0.2) is 4.99 Å². The van der Waals surface area contributed by atoms with E-state index in [1.165, 1.54) is 0 Å². The second kappa shape index (κ2) is 5.10. The third-order valence-electron chi connectivity index (χ3n) is 0.809. The molecule has 9 heavy (non-hydrogen) atoms. The van der Waals surface area contributed by atoms with E-state index in [4.69, 9.17) is 5.26 Å². The number of amidine groups is 1. The molecule has 0 aliphatic heterocycles. The predicted octanol–water partition coefficient (Wildman–Crippen LogP) is 0.885. The molecule has 0 aromatic heterocycles. The van der Waals surface area contributed by atoms with Gasteiger partial charge < -0.3 is 0 Å². The van der Waals surface area contributed by atoms with Crippen LogP contribution in [0.5, 0.6) is 0 Å². The van der Waals surface area contributed by atoms with Crippen molar-refractivity contribution in [2.24, 2.45) is 4.99 Å². The van der Waals surface area contributed by atoms with Crippen molar-refractivity contribution in [2.75, 3.05) is 6.54 Å². The molecule has 0 aliphatic rings. The van der Waals surface area contributed by atoms with E-state index in [2.05, 4.69) is 10.3 Å². The Bertz CT molecular complexity index is 132. The highest BCUT2D eigenvalue weighted by molar-refractivity contribution is 5.80. The van der Waals surface area contributed by atoms with Gasteiger partial charge in [-0.3, -0.25) is 10.3 Å². The fourth-order valence-corrected chi connectivity index (χ4v) is 0.400. The first-order valence-corrected chi connectivity index (χ1v) is 2.97. The second-order valence-electron chi connectivity index (χ2n) is 1.70. The number of rotatable bonds is 2. The maximum atomic E-state index is 8.09. The number of nitrogens with zero attached hydrogens (tertiary/aromatic N) is 2. The van der Waals surface area contributed by atoms with Crippen LogP contribution in [-0.2, 0) is 0 Å². The molecule has 0 heterocycles. The first kappa shape index (κ1) is 7.96. The lowest BCUT2D eigenvalue weighted by molar-refractivity contribution is 0.923. The van der Waals surface area contributed by atoms with Gasteiger partial charge in [0.05, 0.1) is 0 Å². The van der Waals surface area contributed by atoms with Crippen LogP contribution in [0.2, 0.25) is 0 Å². The van der Waals surface area contributed by atoms with Crippen LogP contribution in [0.25, 0.3) is 0 Å². The summed E-state index contributed by atoms with van der Waals surface area (Å²) in [6.45, 7) is 4.61. The minimum atomic E-state index is 0.694. The Hall–Kier alpha value is -1.04. The van der Waals surface area contributed by atoms with Crippen molar-refractivity contribution in [3.63, 3.8) is 0 Å². The number of aliphatic imine (C=N–C) groups is 1. The molecule has 3 nitrogen and oxygen atoms in total. The van der Waals surface area contributed by atoms with E-state index in [1.807, 2.05) is 6.92 Å². The van der Waals surface area contributed by atoms with E-state index >= 15 is 0 Å². The van der Waals surface area contributed by atoms with Gasteiger partial charge in [-0.05, 0) is 13.3 Å². The van der Waals surface area contributed by atoms with E-state index in [0.717, 1.165) is 13.0 Å². The van der Waals surface area contributed by atoms with Crippen LogP contribution in [0, 0.1) is 11.5 Å². The molecule has 0 spiro atoms. The molecular formula is C6H11N3. The molecule has 0 aromatic rings. The minimum Gasteiger partial charge on any atom is -0.281 e. The Balaban J connectivity index is 3.46. The Labute approximate surface area is 55.4 Å². The summed E-state index contributed by atoms with van der Waals surface area (Å²) >= 11 is 0. The van der Waals surface area contributed by atoms with Gasteiger partial charge in [0.2, 0.25) is 0 Å². The number of nitriles is 1. The molecule has 0 aromatic carbocycles. The monoisotopic (exact) mass is 125 g/mol. The summed E-state index contributed by atoms with van der Waals surface area (Å²) in [5.41, 5.74) is 0. The third-order valence-corrected chi connectivity index (χ3v) is 0.809. The van der Waals surface area contributed by atoms with Crippen molar-refractivity contribution in [1.29, 1.82) is 5.26 Å². The molecule has 1 N–H and O–H groups in total. The molecule has 0 rings (SSSR count). The molecule has 0 radical (unpaired) electrons. The molecule has 0 bridgehead atoms. The third kappa shape index (κ3) is 4.82. The van der Waals surface area contributed by atoms with E-state index in [1.54, 1.807) is 13.1 Å². The molecule has 0 saturated carbocycles. The van der Waals surface area contributed by atoms with E-state index in [0.29, 0.717) is 5.84 Å². The first-order valence-electron chi connectivity index (χ1n) is 2.97. The van der Waals surface area contributed by atoms with Crippen molar-refractivity contribution < 1.29 is 0 Å². The van der Waals surface area contributed by atoms with Crippen LogP contribution >= 0.6 is 0 Å². The van der Waals surface area contributed by atoms with Crippen molar-refractivity contribution >= 4 is 5.84 Å². The highest BCUT2D eigenvalue weighted by atomic mass is 15.0. The van der Waals surface area contributed by atoms with E-state index < -0.39 is 0 Å². The molecule has 0 amide bonds. The van der Waals surface area contributed by atoms with Gasteiger partial charge in [0.25, 0.3) is 0 Å². The first-order chi connectivity index (χ1) is 4.31. The molecule has 0 atom stereocenters. The van der Waals surface area contributed by atoms with Crippen LogP contribution in [-0.4, -0.2) is 12.4 Å². The summed E-state index contributed by atoms with van der Waals surface area (Å²) in [5, 5.41) is 10.5. The Morgan fingerprint density at radius 1 is 1.78 bits per heavy atom. The number of hydrogen-bond donors (Lipinski definition) is 1. The van der Waals surface area contributed by atoms with Gasteiger partial charge in [-0.2, -0.15) is 5.26 Å². The number of nitrogens with one attached hydrogen (secondary N) is 1. The standard InChI is InChI=1S/C6H11N3/c1-3-4-8-6(2)9-5-7/h3-4H2,1-2H3,(H,8,9). The lowest BCUT2D eigenvalue weighted by Crippen LogP contribution is -2.13. The molecule has 0 aliphatic carbocycles. The predicted molar refractivity (Wildman–Crippen MR) is 37.0 cm³/mol. The second-order valence-corrected chi connectivity index (χ2v) is 1.70. The molecule has 0 fully saturated rings.